The van der Waals surface area contributed by atoms with Gasteiger partial charge in [0.25, 0.3) is 0 Å². The van der Waals surface area contributed by atoms with Crippen molar-refractivity contribution in [2.75, 3.05) is 7.05 Å². The average molecular weight is 405 g/mol. The fourth-order valence-electron chi connectivity index (χ4n) is 1.65. The highest BCUT2D eigenvalue weighted by molar-refractivity contribution is 14.0. The molecule has 21 heavy (non-hydrogen) atoms. The standard InChI is InChI=1S/C14H16FN3O2.HI/c1-16-14(18-9-11-3-2-6-20-11)17-8-10-4-5-13(19)12(15)7-10;/h2-7,19H,8-9H2,1H3,(H2,16,17,18);1H. The Bertz CT molecular complexity index is 588. The molecule has 0 amide bonds. The minimum absolute atomic E-state index is 0. The molecule has 0 fully saturated rings. The first kappa shape index (κ1) is 17.3. The molecule has 5 nitrogen and oxygen atoms in total. The van der Waals surface area contributed by atoms with Gasteiger partial charge in [0.1, 0.15) is 5.76 Å². The summed E-state index contributed by atoms with van der Waals surface area (Å²) in [6.07, 6.45) is 1.60. The zero-order valence-electron chi connectivity index (χ0n) is 11.5. The summed E-state index contributed by atoms with van der Waals surface area (Å²) in [6.45, 7) is 0.908. The van der Waals surface area contributed by atoms with E-state index in [0.717, 1.165) is 5.76 Å². The van der Waals surface area contributed by atoms with Crippen molar-refractivity contribution >= 4 is 29.9 Å². The predicted molar refractivity (Wildman–Crippen MR) is 89.2 cm³/mol. The number of guanidine groups is 1. The number of furan rings is 1. The quantitative estimate of drug-likeness (QED) is 0.416. The first-order valence-corrected chi connectivity index (χ1v) is 6.13. The van der Waals surface area contributed by atoms with Crippen LogP contribution in [0.4, 0.5) is 4.39 Å². The van der Waals surface area contributed by atoms with E-state index >= 15 is 0 Å². The van der Waals surface area contributed by atoms with Gasteiger partial charge in [-0.05, 0) is 29.8 Å². The highest BCUT2D eigenvalue weighted by Gasteiger charge is 2.03. The predicted octanol–water partition coefficient (Wildman–Crippen LogP) is 2.61. The highest BCUT2D eigenvalue weighted by atomic mass is 127. The van der Waals surface area contributed by atoms with Gasteiger partial charge in [-0.2, -0.15) is 0 Å². The number of phenols is 1. The Hall–Kier alpha value is -1.77. The van der Waals surface area contributed by atoms with E-state index in [1.807, 2.05) is 12.1 Å². The monoisotopic (exact) mass is 405 g/mol. The third kappa shape index (κ3) is 5.25. The molecule has 1 aromatic heterocycles. The summed E-state index contributed by atoms with van der Waals surface area (Å²) < 4.78 is 18.4. The molecule has 1 heterocycles. The Morgan fingerprint density at radius 1 is 1.29 bits per heavy atom. The Morgan fingerprint density at radius 2 is 2.05 bits per heavy atom. The van der Waals surface area contributed by atoms with E-state index in [2.05, 4.69) is 15.6 Å². The lowest BCUT2D eigenvalue weighted by atomic mass is 10.2. The summed E-state index contributed by atoms with van der Waals surface area (Å²) in [5.41, 5.74) is 0.709. The molecule has 1 aromatic carbocycles. The number of nitrogens with one attached hydrogen (secondary N) is 2. The van der Waals surface area contributed by atoms with Crippen molar-refractivity contribution < 1.29 is 13.9 Å². The largest absolute Gasteiger partial charge is 0.505 e. The Labute approximate surface area is 139 Å². The fourth-order valence-corrected chi connectivity index (χ4v) is 1.65. The van der Waals surface area contributed by atoms with Crippen molar-refractivity contribution in [3.63, 3.8) is 0 Å². The van der Waals surface area contributed by atoms with Crippen molar-refractivity contribution in [3.05, 3.63) is 53.7 Å². The molecule has 2 aromatic rings. The molecular formula is C14H17FIN3O2. The summed E-state index contributed by atoms with van der Waals surface area (Å²) in [5.74, 6) is 0.385. The first-order chi connectivity index (χ1) is 9.69. The van der Waals surface area contributed by atoms with Gasteiger partial charge in [0, 0.05) is 13.6 Å². The molecule has 7 heteroatoms. The lowest BCUT2D eigenvalue weighted by molar-refractivity contribution is 0.431. The van der Waals surface area contributed by atoms with E-state index in [0.29, 0.717) is 24.6 Å². The van der Waals surface area contributed by atoms with Crippen LogP contribution in [0.15, 0.2) is 46.0 Å². The summed E-state index contributed by atoms with van der Waals surface area (Å²) in [7, 11) is 1.65. The van der Waals surface area contributed by atoms with Gasteiger partial charge < -0.3 is 20.2 Å². The molecule has 0 saturated carbocycles. The van der Waals surface area contributed by atoms with Gasteiger partial charge in [0.05, 0.1) is 12.8 Å². The van der Waals surface area contributed by atoms with Crippen molar-refractivity contribution in [3.8, 4) is 5.75 Å². The Balaban J connectivity index is 0.00000220. The second kappa shape index (κ2) is 8.50. The molecule has 0 aliphatic rings. The number of nitrogens with zero attached hydrogens (tertiary/aromatic N) is 1. The van der Waals surface area contributed by atoms with Gasteiger partial charge in [-0.15, -0.1) is 24.0 Å². The SMILES string of the molecule is CN=C(NCc1ccc(O)c(F)c1)NCc1ccco1.I. The van der Waals surface area contributed by atoms with Crippen LogP contribution in [0.3, 0.4) is 0 Å². The lowest BCUT2D eigenvalue weighted by Gasteiger charge is -2.11. The third-order valence-electron chi connectivity index (χ3n) is 2.71. The van der Waals surface area contributed by atoms with Gasteiger partial charge in [0.2, 0.25) is 0 Å². The van der Waals surface area contributed by atoms with E-state index in [1.165, 1.54) is 12.1 Å². The van der Waals surface area contributed by atoms with Crippen molar-refractivity contribution in [2.45, 2.75) is 13.1 Å². The Morgan fingerprint density at radius 3 is 2.67 bits per heavy atom. The third-order valence-corrected chi connectivity index (χ3v) is 2.71. The molecule has 0 unspecified atom stereocenters. The molecular weight excluding hydrogens is 388 g/mol. The minimum Gasteiger partial charge on any atom is -0.505 e. The summed E-state index contributed by atoms with van der Waals surface area (Å²) in [4.78, 5) is 4.05. The van der Waals surface area contributed by atoms with E-state index in [-0.39, 0.29) is 29.7 Å². The number of benzene rings is 1. The van der Waals surface area contributed by atoms with E-state index in [4.69, 9.17) is 9.52 Å². The number of hydrogen-bond donors (Lipinski definition) is 3. The second-order valence-electron chi connectivity index (χ2n) is 4.14. The second-order valence-corrected chi connectivity index (χ2v) is 4.14. The lowest BCUT2D eigenvalue weighted by Crippen LogP contribution is -2.36. The van der Waals surface area contributed by atoms with Crippen LogP contribution in [-0.2, 0) is 13.1 Å². The van der Waals surface area contributed by atoms with Gasteiger partial charge >= 0.3 is 0 Å². The molecule has 0 aliphatic carbocycles. The topological polar surface area (TPSA) is 69.8 Å². The van der Waals surface area contributed by atoms with Crippen LogP contribution in [-0.4, -0.2) is 18.1 Å². The van der Waals surface area contributed by atoms with Gasteiger partial charge in [0.15, 0.2) is 17.5 Å². The molecule has 2 rings (SSSR count). The normalized spacial score (nSPS) is 10.9. The van der Waals surface area contributed by atoms with Crippen LogP contribution < -0.4 is 10.6 Å². The zero-order chi connectivity index (χ0) is 14.4. The van der Waals surface area contributed by atoms with Crippen molar-refractivity contribution in [1.82, 2.24) is 10.6 Å². The molecule has 114 valence electrons. The van der Waals surface area contributed by atoms with Gasteiger partial charge in [-0.3, -0.25) is 4.99 Å². The molecule has 0 saturated heterocycles. The maximum absolute atomic E-state index is 13.2. The Kier molecular flexibility index (Phi) is 7.00. The molecule has 0 bridgehead atoms. The van der Waals surface area contributed by atoms with Gasteiger partial charge in [-0.1, -0.05) is 6.07 Å². The van der Waals surface area contributed by atoms with Crippen LogP contribution in [0.5, 0.6) is 5.75 Å². The number of halogens is 2. The van der Waals surface area contributed by atoms with Gasteiger partial charge in [-0.25, -0.2) is 4.39 Å². The number of phenolic OH excluding ortho intramolecular Hbond substituents is 1. The van der Waals surface area contributed by atoms with Crippen LogP contribution in [0.1, 0.15) is 11.3 Å². The van der Waals surface area contributed by atoms with Crippen LogP contribution in [0.25, 0.3) is 0 Å². The number of aromatic hydroxyl groups is 1. The smallest absolute Gasteiger partial charge is 0.191 e. The highest BCUT2D eigenvalue weighted by Crippen LogP contribution is 2.15. The van der Waals surface area contributed by atoms with E-state index in [1.54, 1.807) is 19.4 Å². The number of aliphatic imine (C=N–C) groups is 1. The van der Waals surface area contributed by atoms with Crippen LogP contribution in [0, 0.1) is 5.82 Å². The molecule has 0 spiro atoms. The van der Waals surface area contributed by atoms with Crippen LogP contribution >= 0.6 is 24.0 Å². The summed E-state index contributed by atoms with van der Waals surface area (Å²) in [6, 6.07) is 7.92. The minimum atomic E-state index is -0.636. The maximum atomic E-state index is 13.2. The van der Waals surface area contributed by atoms with Crippen LogP contribution in [0.2, 0.25) is 0 Å². The fraction of sp³-hybridized carbons (Fsp3) is 0.214. The number of hydrogen-bond acceptors (Lipinski definition) is 3. The molecule has 0 aliphatic heterocycles. The average Bonchev–Trinajstić information content (AvgIpc) is 2.96. The molecule has 3 N–H and O–H groups in total. The number of rotatable bonds is 4. The van der Waals surface area contributed by atoms with Crippen molar-refractivity contribution in [2.24, 2.45) is 4.99 Å². The summed E-state index contributed by atoms with van der Waals surface area (Å²) in [5, 5.41) is 15.2. The summed E-state index contributed by atoms with van der Waals surface area (Å²) >= 11 is 0. The van der Waals surface area contributed by atoms with E-state index < -0.39 is 5.82 Å². The maximum Gasteiger partial charge on any atom is 0.191 e. The zero-order valence-corrected chi connectivity index (χ0v) is 13.8. The van der Waals surface area contributed by atoms with E-state index in [9.17, 15) is 4.39 Å². The molecule has 0 atom stereocenters. The molecule has 0 radical (unpaired) electrons. The first-order valence-electron chi connectivity index (χ1n) is 6.13. The van der Waals surface area contributed by atoms with Crippen molar-refractivity contribution in [1.29, 1.82) is 0 Å².